The van der Waals surface area contributed by atoms with Gasteiger partial charge in [-0.25, -0.2) is 0 Å². The second kappa shape index (κ2) is 6.41. The first-order valence-electron chi connectivity index (χ1n) is 6.29. The van der Waals surface area contributed by atoms with E-state index in [-0.39, 0.29) is 0 Å². The number of phenolic OH excluding ortho intramolecular Hbond substituents is 1. The molecule has 0 heterocycles. The topological polar surface area (TPSA) is 46.2 Å². The van der Waals surface area contributed by atoms with Crippen LogP contribution < -0.4 is 5.73 Å². The molecule has 1 rings (SSSR count). The van der Waals surface area contributed by atoms with Crippen LogP contribution in [0.4, 0.5) is 5.69 Å². The fraction of sp³-hybridized carbons (Fsp3) is 0.571. The maximum atomic E-state index is 9.89. The van der Waals surface area contributed by atoms with E-state index in [9.17, 15) is 5.11 Å². The molecule has 0 aliphatic rings. The molecule has 2 nitrogen and oxygen atoms in total. The minimum Gasteiger partial charge on any atom is -0.508 e. The molecule has 0 aliphatic heterocycles. The molecule has 3 N–H and O–H groups in total. The van der Waals surface area contributed by atoms with Crippen molar-refractivity contribution in [3.05, 3.63) is 23.3 Å². The van der Waals surface area contributed by atoms with Gasteiger partial charge in [0.2, 0.25) is 0 Å². The Labute approximate surface area is 98.5 Å². The van der Waals surface area contributed by atoms with Gasteiger partial charge in [0, 0.05) is 5.69 Å². The van der Waals surface area contributed by atoms with Crippen molar-refractivity contribution in [2.75, 3.05) is 5.73 Å². The van der Waals surface area contributed by atoms with Gasteiger partial charge in [-0.15, -0.1) is 0 Å². The predicted octanol–water partition coefficient (Wildman–Crippen LogP) is 3.66. The molecule has 0 atom stereocenters. The van der Waals surface area contributed by atoms with Crippen molar-refractivity contribution >= 4 is 5.69 Å². The molecular formula is C14H23NO. The smallest absolute Gasteiger partial charge is 0.119 e. The number of phenols is 1. The summed E-state index contributed by atoms with van der Waals surface area (Å²) in [6.07, 6.45) is 6.45. The summed E-state index contributed by atoms with van der Waals surface area (Å²) in [7, 11) is 0. The molecule has 0 radical (unpaired) electrons. The lowest BCUT2D eigenvalue weighted by Gasteiger charge is -2.13. The third-order valence-electron chi connectivity index (χ3n) is 3.00. The molecule has 0 unspecified atom stereocenters. The maximum absolute atomic E-state index is 9.89. The average Bonchev–Trinajstić information content (AvgIpc) is 2.29. The van der Waals surface area contributed by atoms with Crippen molar-refractivity contribution < 1.29 is 5.11 Å². The molecule has 0 saturated carbocycles. The molecule has 16 heavy (non-hydrogen) atoms. The number of anilines is 1. The highest BCUT2D eigenvalue weighted by Gasteiger charge is 2.10. The Bertz CT molecular complexity index is 301. The van der Waals surface area contributed by atoms with E-state index in [4.69, 9.17) is 5.73 Å². The highest BCUT2D eigenvalue weighted by Crippen LogP contribution is 2.29. The molecule has 0 bridgehead atoms. The van der Waals surface area contributed by atoms with E-state index in [0.29, 0.717) is 5.75 Å². The van der Waals surface area contributed by atoms with Crippen molar-refractivity contribution in [3.8, 4) is 5.75 Å². The van der Waals surface area contributed by atoms with Gasteiger partial charge in [-0.1, -0.05) is 26.7 Å². The van der Waals surface area contributed by atoms with Crippen molar-refractivity contribution in [1.29, 1.82) is 0 Å². The normalized spacial score (nSPS) is 10.6. The minimum atomic E-state index is 0.411. The lowest BCUT2D eigenvalue weighted by atomic mass is 9.95. The van der Waals surface area contributed by atoms with Crippen LogP contribution in [0.3, 0.4) is 0 Å². The van der Waals surface area contributed by atoms with E-state index < -0.39 is 0 Å². The maximum Gasteiger partial charge on any atom is 0.119 e. The Kier molecular flexibility index (Phi) is 5.17. The SMILES string of the molecule is CCCCc1c(N)ccc(O)c1CCCC. The van der Waals surface area contributed by atoms with E-state index in [1.54, 1.807) is 6.07 Å². The molecule has 0 fully saturated rings. The van der Waals surface area contributed by atoms with Crippen molar-refractivity contribution in [1.82, 2.24) is 0 Å². The number of benzene rings is 1. The monoisotopic (exact) mass is 221 g/mol. The molecule has 0 amide bonds. The Hall–Kier alpha value is -1.18. The van der Waals surface area contributed by atoms with E-state index in [1.807, 2.05) is 6.07 Å². The molecular weight excluding hydrogens is 198 g/mol. The van der Waals surface area contributed by atoms with Gasteiger partial charge in [0.25, 0.3) is 0 Å². The largest absolute Gasteiger partial charge is 0.508 e. The molecule has 1 aromatic rings. The first kappa shape index (κ1) is 12.9. The van der Waals surface area contributed by atoms with Gasteiger partial charge < -0.3 is 10.8 Å². The zero-order valence-corrected chi connectivity index (χ0v) is 10.4. The summed E-state index contributed by atoms with van der Waals surface area (Å²) in [5.74, 6) is 0.411. The lowest BCUT2D eigenvalue weighted by Crippen LogP contribution is -2.01. The van der Waals surface area contributed by atoms with Crippen molar-refractivity contribution in [3.63, 3.8) is 0 Å². The number of nitrogen functional groups attached to an aromatic ring is 1. The van der Waals surface area contributed by atoms with E-state index in [0.717, 1.165) is 55.3 Å². The van der Waals surface area contributed by atoms with Crippen LogP contribution in [0.15, 0.2) is 12.1 Å². The Morgan fingerprint density at radius 3 is 2.12 bits per heavy atom. The standard InChI is InChI=1S/C14H23NO/c1-3-5-7-11-12(8-6-4-2)14(16)10-9-13(11)15/h9-10,16H,3-8,15H2,1-2H3. The molecule has 1 aromatic carbocycles. The highest BCUT2D eigenvalue weighted by molar-refractivity contribution is 5.56. The van der Waals surface area contributed by atoms with E-state index in [2.05, 4.69) is 13.8 Å². The van der Waals surface area contributed by atoms with Crippen LogP contribution in [0.2, 0.25) is 0 Å². The van der Waals surface area contributed by atoms with Crippen LogP contribution in [-0.4, -0.2) is 5.11 Å². The van der Waals surface area contributed by atoms with Crippen molar-refractivity contribution in [2.45, 2.75) is 52.4 Å². The molecule has 0 aromatic heterocycles. The summed E-state index contributed by atoms with van der Waals surface area (Å²) in [5, 5.41) is 9.89. The zero-order valence-electron chi connectivity index (χ0n) is 10.4. The van der Waals surface area contributed by atoms with E-state index in [1.165, 1.54) is 0 Å². The van der Waals surface area contributed by atoms with Gasteiger partial charge >= 0.3 is 0 Å². The number of hydrogen-bond acceptors (Lipinski definition) is 2. The van der Waals surface area contributed by atoms with Crippen LogP contribution in [0, 0.1) is 0 Å². The number of unbranched alkanes of at least 4 members (excludes halogenated alkanes) is 2. The third-order valence-corrected chi connectivity index (χ3v) is 3.00. The summed E-state index contributed by atoms with van der Waals surface area (Å²) in [6.45, 7) is 4.33. The second-order valence-electron chi connectivity index (χ2n) is 4.34. The molecule has 0 spiro atoms. The number of hydrogen-bond donors (Lipinski definition) is 2. The van der Waals surface area contributed by atoms with Crippen molar-refractivity contribution in [2.24, 2.45) is 0 Å². The number of nitrogens with two attached hydrogens (primary N) is 1. The molecule has 90 valence electrons. The van der Waals surface area contributed by atoms with Crippen LogP contribution >= 0.6 is 0 Å². The Balaban J connectivity index is 2.94. The van der Waals surface area contributed by atoms with Gasteiger partial charge in [0.15, 0.2) is 0 Å². The van der Waals surface area contributed by atoms with Gasteiger partial charge in [-0.05, 0) is 48.9 Å². The van der Waals surface area contributed by atoms with Crippen LogP contribution in [0.1, 0.15) is 50.7 Å². The van der Waals surface area contributed by atoms with Gasteiger partial charge in [0.1, 0.15) is 5.75 Å². The first-order chi connectivity index (χ1) is 7.70. The molecule has 0 aliphatic carbocycles. The second-order valence-corrected chi connectivity index (χ2v) is 4.34. The predicted molar refractivity (Wildman–Crippen MR) is 69.7 cm³/mol. The summed E-state index contributed by atoms with van der Waals surface area (Å²) >= 11 is 0. The van der Waals surface area contributed by atoms with Crippen LogP contribution in [-0.2, 0) is 12.8 Å². The lowest BCUT2D eigenvalue weighted by molar-refractivity contribution is 0.465. The summed E-state index contributed by atoms with van der Waals surface area (Å²) in [6, 6.07) is 3.53. The summed E-state index contributed by atoms with van der Waals surface area (Å²) < 4.78 is 0. The number of rotatable bonds is 6. The zero-order chi connectivity index (χ0) is 12.0. The fourth-order valence-electron chi connectivity index (χ4n) is 1.98. The van der Waals surface area contributed by atoms with Crippen LogP contribution in [0.25, 0.3) is 0 Å². The van der Waals surface area contributed by atoms with Crippen LogP contribution in [0.5, 0.6) is 5.75 Å². The van der Waals surface area contributed by atoms with Gasteiger partial charge in [-0.3, -0.25) is 0 Å². The van der Waals surface area contributed by atoms with Gasteiger partial charge in [0.05, 0.1) is 0 Å². The minimum absolute atomic E-state index is 0.411. The summed E-state index contributed by atoms with van der Waals surface area (Å²) in [4.78, 5) is 0. The summed E-state index contributed by atoms with van der Waals surface area (Å²) in [5.41, 5.74) is 9.05. The Morgan fingerprint density at radius 2 is 1.56 bits per heavy atom. The highest BCUT2D eigenvalue weighted by atomic mass is 16.3. The Morgan fingerprint density at radius 1 is 1.00 bits per heavy atom. The molecule has 2 heteroatoms. The third kappa shape index (κ3) is 3.16. The fourth-order valence-corrected chi connectivity index (χ4v) is 1.98. The average molecular weight is 221 g/mol. The van der Waals surface area contributed by atoms with Gasteiger partial charge in [-0.2, -0.15) is 0 Å². The molecule has 0 saturated heterocycles. The van der Waals surface area contributed by atoms with E-state index >= 15 is 0 Å². The quantitative estimate of drug-likeness (QED) is 0.569. The first-order valence-corrected chi connectivity index (χ1v) is 6.29. The number of aromatic hydroxyl groups is 1.